The Hall–Kier alpha value is -1.59. The van der Waals surface area contributed by atoms with E-state index < -0.39 is 11.9 Å². The summed E-state index contributed by atoms with van der Waals surface area (Å²) in [5.41, 5.74) is 1.93. The second-order valence-corrected chi connectivity index (χ2v) is 4.77. The first-order valence-electron chi connectivity index (χ1n) is 6.28. The number of aromatic amines is 1. The predicted octanol–water partition coefficient (Wildman–Crippen LogP) is 1.30. The van der Waals surface area contributed by atoms with Crippen molar-refractivity contribution in [3.63, 3.8) is 0 Å². The van der Waals surface area contributed by atoms with Crippen molar-refractivity contribution in [3.05, 3.63) is 34.3 Å². The van der Waals surface area contributed by atoms with Crippen molar-refractivity contribution in [2.75, 3.05) is 6.54 Å². The van der Waals surface area contributed by atoms with Crippen LogP contribution in [0, 0.1) is 0 Å². The van der Waals surface area contributed by atoms with E-state index in [0.29, 0.717) is 11.1 Å². The van der Waals surface area contributed by atoms with E-state index in [9.17, 15) is 9.90 Å². The fourth-order valence-electron chi connectivity index (χ4n) is 2.53. The summed E-state index contributed by atoms with van der Waals surface area (Å²) in [6.45, 7) is 0.948. The van der Waals surface area contributed by atoms with Gasteiger partial charge in [-0.2, -0.15) is 0 Å². The standard InChI is InChI=1S/C13H16N2O3/c16-12(10-3-1-2-6-14-10)8-4-5-9-11(7-8)18-13(17)15-9/h4-5,7,10,12,14,16H,1-3,6H2,(H,15,17). The van der Waals surface area contributed by atoms with Gasteiger partial charge in [0.05, 0.1) is 11.6 Å². The highest BCUT2D eigenvalue weighted by molar-refractivity contribution is 5.72. The molecule has 18 heavy (non-hydrogen) atoms. The average Bonchev–Trinajstić information content (AvgIpc) is 2.78. The van der Waals surface area contributed by atoms with Crippen LogP contribution in [-0.4, -0.2) is 22.7 Å². The first kappa shape index (κ1) is 11.5. The minimum atomic E-state index is -0.560. The lowest BCUT2D eigenvalue weighted by atomic mass is 9.95. The number of piperidine rings is 1. The summed E-state index contributed by atoms with van der Waals surface area (Å²) in [5.74, 6) is -0.465. The SMILES string of the molecule is O=c1[nH]c2ccc(C(O)C3CCCCN3)cc2o1. The van der Waals surface area contributed by atoms with Crippen LogP contribution in [0.2, 0.25) is 0 Å². The summed E-state index contributed by atoms with van der Waals surface area (Å²) >= 11 is 0. The Morgan fingerprint density at radius 1 is 1.39 bits per heavy atom. The molecule has 0 radical (unpaired) electrons. The number of aliphatic hydroxyl groups excluding tert-OH is 1. The molecule has 2 atom stereocenters. The number of H-pyrrole nitrogens is 1. The minimum Gasteiger partial charge on any atom is -0.408 e. The normalized spacial score (nSPS) is 22.2. The fraction of sp³-hybridized carbons (Fsp3) is 0.462. The van der Waals surface area contributed by atoms with Gasteiger partial charge in [0, 0.05) is 6.04 Å². The maximum absolute atomic E-state index is 11.1. The number of fused-ring (bicyclic) bond motifs is 1. The minimum absolute atomic E-state index is 0.0851. The van der Waals surface area contributed by atoms with Crippen molar-refractivity contribution in [1.82, 2.24) is 10.3 Å². The van der Waals surface area contributed by atoms with Crippen LogP contribution in [0.25, 0.3) is 11.1 Å². The lowest BCUT2D eigenvalue weighted by molar-refractivity contribution is 0.114. The van der Waals surface area contributed by atoms with Gasteiger partial charge < -0.3 is 14.8 Å². The van der Waals surface area contributed by atoms with Crippen molar-refractivity contribution in [1.29, 1.82) is 0 Å². The third kappa shape index (κ3) is 2.07. The molecule has 1 aromatic heterocycles. The number of hydrogen-bond donors (Lipinski definition) is 3. The van der Waals surface area contributed by atoms with Gasteiger partial charge in [-0.3, -0.25) is 4.98 Å². The molecule has 5 heteroatoms. The summed E-state index contributed by atoms with van der Waals surface area (Å²) in [7, 11) is 0. The van der Waals surface area contributed by atoms with E-state index in [4.69, 9.17) is 4.42 Å². The summed E-state index contributed by atoms with van der Waals surface area (Å²) < 4.78 is 5.00. The molecule has 1 saturated heterocycles. The van der Waals surface area contributed by atoms with Gasteiger partial charge in [0.15, 0.2) is 5.58 Å². The average molecular weight is 248 g/mol. The summed E-state index contributed by atoms with van der Waals surface area (Å²) in [4.78, 5) is 13.7. The second-order valence-electron chi connectivity index (χ2n) is 4.77. The fourth-order valence-corrected chi connectivity index (χ4v) is 2.53. The Bertz CT molecular complexity index is 596. The largest absolute Gasteiger partial charge is 0.417 e. The summed E-state index contributed by atoms with van der Waals surface area (Å²) in [6, 6.07) is 5.41. The van der Waals surface area contributed by atoms with Gasteiger partial charge in [-0.1, -0.05) is 12.5 Å². The van der Waals surface area contributed by atoms with Crippen molar-refractivity contribution in [2.45, 2.75) is 31.4 Å². The highest BCUT2D eigenvalue weighted by Gasteiger charge is 2.23. The first-order valence-corrected chi connectivity index (χ1v) is 6.28. The van der Waals surface area contributed by atoms with E-state index in [0.717, 1.165) is 31.4 Å². The monoisotopic (exact) mass is 248 g/mol. The smallest absolute Gasteiger partial charge is 0.408 e. The van der Waals surface area contributed by atoms with E-state index in [1.54, 1.807) is 12.1 Å². The molecule has 2 aromatic rings. The van der Waals surface area contributed by atoms with Gasteiger partial charge in [-0.05, 0) is 37.1 Å². The van der Waals surface area contributed by atoms with Crippen LogP contribution < -0.4 is 11.1 Å². The molecule has 1 aromatic carbocycles. The van der Waals surface area contributed by atoms with Gasteiger partial charge in [0.2, 0.25) is 0 Å². The molecule has 2 heterocycles. The number of oxazole rings is 1. The van der Waals surface area contributed by atoms with E-state index in [2.05, 4.69) is 10.3 Å². The molecule has 2 unspecified atom stereocenters. The predicted molar refractivity (Wildman–Crippen MR) is 67.4 cm³/mol. The van der Waals surface area contributed by atoms with Crippen LogP contribution >= 0.6 is 0 Å². The Balaban J connectivity index is 1.90. The Morgan fingerprint density at radius 3 is 3.06 bits per heavy atom. The van der Waals surface area contributed by atoms with Gasteiger partial charge in [0.1, 0.15) is 0 Å². The number of nitrogens with one attached hydrogen (secondary N) is 2. The first-order chi connectivity index (χ1) is 8.74. The van der Waals surface area contributed by atoms with Gasteiger partial charge in [0.25, 0.3) is 0 Å². The molecular weight excluding hydrogens is 232 g/mol. The lowest BCUT2D eigenvalue weighted by Gasteiger charge is -2.28. The Kier molecular flexibility index (Phi) is 2.93. The highest BCUT2D eigenvalue weighted by atomic mass is 16.4. The molecule has 3 N–H and O–H groups in total. The zero-order valence-corrected chi connectivity index (χ0v) is 9.98. The summed E-state index contributed by atoms with van der Waals surface area (Å²) in [6.07, 6.45) is 2.71. The molecule has 0 bridgehead atoms. The zero-order chi connectivity index (χ0) is 12.5. The van der Waals surface area contributed by atoms with Crippen molar-refractivity contribution < 1.29 is 9.52 Å². The van der Waals surface area contributed by atoms with Crippen LogP contribution in [0.3, 0.4) is 0 Å². The van der Waals surface area contributed by atoms with Gasteiger partial charge >= 0.3 is 5.76 Å². The molecular formula is C13H16N2O3. The molecule has 0 saturated carbocycles. The third-order valence-corrected chi connectivity index (χ3v) is 3.52. The Labute approximate surface area is 104 Å². The molecule has 1 fully saturated rings. The Morgan fingerprint density at radius 2 is 2.28 bits per heavy atom. The van der Waals surface area contributed by atoms with E-state index in [-0.39, 0.29) is 6.04 Å². The van der Waals surface area contributed by atoms with Crippen molar-refractivity contribution >= 4 is 11.1 Å². The van der Waals surface area contributed by atoms with Crippen LogP contribution in [0.4, 0.5) is 0 Å². The number of hydrogen-bond acceptors (Lipinski definition) is 4. The van der Waals surface area contributed by atoms with Crippen LogP contribution in [0.5, 0.6) is 0 Å². The van der Waals surface area contributed by atoms with Crippen LogP contribution in [-0.2, 0) is 0 Å². The van der Waals surface area contributed by atoms with Crippen molar-refractivity contribution in [3.8, 4) is 0 Å². The summed E-state index contributed by atoms with van der Waals surface area (Å²) in [5, 5.41) is 13.6. The molecule has 0 aliphatic carbocycles. The molecule has 0 spiro atoms. The second kappa shape index (κ2) is 4.59. The van der Waals surface area contributed by atoms with E-state index in [1.165, 1.54) is 0 Å². The van der Waals surface area contributed by atoms with Crippen LogP contribution in [0.1, 0.15) is 30.9 Å². The maximum atomic E-state index is 11.1. The zero-order valence-electron chi connectivity index (χ0n) is 9.98. The number of rotatable bonds is 2. The van der Waals surface area contributed by atoms with Gasteiger partial charge in [-0.15, -0.1) is 0 Å². The van der Waals surface area contributed by atoms with E-state index in [1.807, 2.05) is 6.07 Å². The lowest BCUT2D eigenvalue weighted by Crippen LogP contribution is -2.38. The van der Waals surface area contributed by atoms with Crippen molar-refractivity contribution in [2.24, 2.45) is 0 Å². The number of aromatic nitrogens is 1. The highest BCUT2D eigenvalue weighted by Crippen LogP contribution is 2.25. The van der Waals surface area contributed by atoms with Crippen LogP contribution in [0.15, 0.2) is 27.4 Å². The number of benzene rings is 1. The van der Waals surface area contributed by atoms with Gasteiger partial charge in [-0.25, -0.2) is 4.79 Å². The molecule has 1 aliphatic rings. The molecule has 1 aliphatic heterocycles. The topological polar surface area (TPSA) is 78.3 Å². The third-order valence-electron chi connectivity index (χ3n) is 3.52. The molecule has 5 nitrogen and oxygen atoms in total. The molecule has 0 amide bonds. The quantitative estimate of drug-likeness (QED) is 0.748. The molecule has 3 rings (SSSR count). The van der Waals surface area contributed by atoms with E-state index >= 15 is 0 Å². The molecule has 96 valence electrons. The maximum Gasteiger partial charge on any atom is 0.417 e. The number of aliphatic hydroxyl groups is 1.